The highest BCUT2D eigenvalue weighted by atomic mass is 16.5. The second-order valence-corrected chi connectivity index (χ2v) is 5.93. The van der Waals surface area contributed by atoms with Crippen LogP contribution in [0.5, 0.6) is 5.75 Å². The third-order valence-corrected chi connectivity index (χ3v) is 3.75. The number of rotatable bonds is 4. The van der Waals surface area contributed by atoms with E-state index in [1.807, 2.05) is 68.4 Å². The van der Waals surface area contributed by atoms with E-state index in [0.29, 0.717) is 11.3 Å². The molecule has 1 N–H and O–H groups in total. The van der Waals surface area contributed by atoms with Crippen molar-refractivity contribution in [2.24, 2.45) is 0 Å². The zero-order valence-corrected chi connectivity index (χ0v) is 14.0. The molecule has 3 aromatic rings. The zero-order chi connectivity index (χ0) is 17.1. The number of hydrogen-bond acceptors (Lipinski definition) is 3. The van der Waals surface area contributed by atoms with Crippen LogP contribution in [0.3, 0.4) is 0 Å². The fourth-order valence-corrected chi connectivity index (χ4v) is 2.62. The van der Waals surface area contributed by atoms with Gasteiger partial charge in [-0.25, -0.2) is 4.98 Å². The predicted octanol–water partition coefficient (Wildman–Crippen LogP) is 4.05. The lowest BCUT2D eigenvalue weighted by Gasteiger charge is -2.13. The van der Waals surface area contributed by atoms with Gasteiger partial charge in [-0.3, -0.25) is 4.79 Å². The van der Waals surface area contributed by atoms with E-state index in [9.17, 15) is 4.79 Å². The van der Waals surface area contributed by atoms with Gasteiger partial charge in [-0.15, -0.1) is 0 Å². The molecule has 0 spiro atoms. The second-order valence-electron chi connectivity index (χ2n) is 5.93. The first-order valence-corrected chi connectivity index (χ1v) is 7.93. The molecule has 4 heteroatoms. The zero-order valence-electron chi connectivity index (χ0n) is 14.0. The van der Waals surface area contributed by atoms with Gasteiger partial charge in [0.25, 0.3) is 5.91 Å². The van der Waals surface area contributed by atoms with Gasteiger partial charge in [0.15, 0.2) is 0 Å². The molecule has 4 nitrogen and oxygen atoms in total. The van der Waals surface area contributed by atoms with E-state index in [2.05, 4.69) is 5.32 Å². The normalized spacial score (nSPS) is 10.8. The van der Waals surface area contributed by atoms with Gasteiger partial charge in [0.1, 0.15) is 5.75 Å². The van der Waals surface area contributed by atoms with Crippen molar-refractivity contribution in [1.29, 1.82) is 0 Å². The number of nitrogens with one attached hydrogen (secondary N) is 1. The maximum Gasteiger partial charge on any atom is 0.252 e. The molecule has 1 amide bonds. The Morgan fingerprint density at radius 3 is 2.50 bits per heavy atom. The predicted molar refractivity (Wildman–Crippen MR) is 96.3 cm³/mol. The summed E-state index contributed by atoms with van der Waals surface area (Å²) in [6, 6.07) is 17.4. The van der Waals surface area contributed by atoms with Gasteiger partial charge in [-0.1, -0.05) is 30.3 Å². The number of aromatic nitrogens is 1. The van der Waals surface area contributed by atoms with Gasteiger partial charge in [0, 0.05) is 17.0 Å². The lowest BCUT2D eigenvalue weighted by Crippen LogP contribution is -2.30. The average Bonchev–Trinajstić information content (AvgIpc) is 2.60. The maximum absolute atomic E-state index is 12.7. The number of methoxy groups -OCH3 is 1. The quantitative estimate of drug-likeness (QED) is 0.789. The lowest BCUT2D eigenvalue weighted by atomic mass is 10.0. The van der Waals surface area contributed by atoms with E-state index in [1.54, 1.807) is 7.11 Å². The van der Waals surface area contributed by atoms with Crippen molar-refractivity contribution < 1.29 is 9.53 Å². The van der Waals surface area contributed by atoms with Gasteiger partial charge in [-0.05, 0) is 38.1 Å². The van der Waals surface area contributed by atoms with Crippen LogP contribution in [0.2, 0.25) is 0 Å². The smallest absolute Gasteiger partial charge is 0.252 e. The van der Waals surface area contributed by atoms with E-state index in [1.165, 1.54) is 0 Å². The van der Waals surface area contributed by atoms with Gasteiger partial charge in [-0.2, -0.15) is 0 Å². The number of nitrogens with zero attached hydrogens (tertiary/aromatic N) is 1. The van der Waals surface area contributed by atoms with Crippen molar-refractivity contribution in [3.8, 4) is 17.0 Å². The van der Waals surface area contributed by atoms with Crippen LogP contribution < -0.4 is 10.1 Å². The molecule has 0 bridgehead atoms. The van der Waals surface area contributed by atoms with Crippen LogP contribution in [0.25, 0.3) is 22.2 Å². The first kappa shape index (κ1) is 16.0. The number of hydrogen-bond donors (Lipinski definition) is 1. The molecule has 122 valence electrons. The molecule has 0 unspecified atom stereocenters. The summed E-state index contributed by atoms with van der Waals surface area (Å²) in [4.78, 5) is 17.4. The molecular weight excluding hydrogens is 300 g/mol. The lowest BCUT2D eigenvalue weighted by molar-refractivity contribution is 0.0945. The minimum Gasteiger partial charge on any atom is -0.497 e. The van der Waals surface area contributed by atoms with Crippen LogP contribution in [0.1, 0.15) is 24.2 Å². The topological polar surface area (TPSA) is 51.2 Å². The number of pyridine rings is 1. The van der Waals surface area contributed by atoms with Gasteiger partial charge >= 0.3 is 0 Å². The first-order valence-electron chi connectivity index (χ1n) is 7.93. The Bertz CT molecular complexity index is 873. The molecular formula is C20H20N2O2. The van der Waals surface area contributed by atoms with Gasteiger partial charge in [0.2, 0.25) is 0 Å². The monoisotopic (exact) mass is 320 g/mol. The molecule has 1 aromatic heterocycles. The Labute approximate surface area is 141 Å². The molecule has 0 atom stereocenters. The van der Waals surface area contributed by atoms with Crippen LogP contribution in [-0.2, 0) is 0 Å². The molecule has 0 fully saturated rings. The molecule has 0 aliphatic carbocycles. The highest BCUT2D eigenvalue weighted by Gasteiger charge is 2.15. The number of ether oxygens (including phenoxy) is 1. The van der Waals surface area contributed by atoms with Crippen molar-refractivity contribution in [3.05, 3.63) is 60.2 Å². The molecule has 0 radical (unpaired) electrons. The van der Waals surface area contributed by atoms with Gasteiger partial charge < -0.3 is 10.1 Å². The summed E-state index contributed by atoms with van der Waals surface area (Å²) in [6.07, 6.45) is 0. The molecule has 2 aromatic carbocycles. The number of carbonyl (C=O) groups is 1. The number of carbonyl (C=O) groups excluding carboxylic acids is 1. The summed E-state index contributed by atoms with van der Waals surface area (Å²) in [5.41, 5.74) is 3.13. The number of amides is 1. The molecule has 1 heterocycles. The van der Waals surface area contributed by atoms with Crippen molar-refractivity contribution in [3.63, 3.8) is 0 Å². The van der Waals surface area contributed by atoms with Crippen molar-refractivity contribution >= 4 is 16.8 Å². The fraction of sp³-hybridized carbons (Fsp3) is 0.200. The van der Waals surface area contributed by atoms with E-state index in [4.69, 9.17) is 9.72 Å². The van der Waals surface area contributed by atoms with Gasteiger partial charge in [0.05, 0.1) is 23.9 Å². The minimum atomic E-state index is -0.108. The molecule has 0 aliphatic rings. The fourth-order valence-electron chi connectivity index (χ4n) is 2.62. The number of fused-ring (bicyclic) bond motifs is 1. The summed E-state index contributed by atoms with van der Waals surface area (Å²) in [7, 11) is 1.61. The molecule has 0 aliphatic heterocycles. The summed E-state index contributed by atoms with van der Waals surface area (Å²) in [5.74, 6) is 0.596. The van der Waals surface area contributed by atoms with Crippen molar-refractivity contribution in [1.82, 2.24) is 10.3 Å². The highest BCUT2D eigenvalue weighted by Crippen LogP contribution is 2.27. The van der Waals surface area contributed by atoms with E-state index in [-0.39, 0.29) is 11.9 Å². The third kappa shape index (κ3) is 3.23. The number of benzene rings is 2. The summed E-state index contributed by atoms with van der Waals surface area (Å²) in [6.45, 7) is 3.89. The first-order chi connectivity index (χ1) is 11.6. The molecule has 0 saturated carbocycles. The Hall–Kier alpha value is -2.88. The van der Waals surface area contributed by atoms with Crippen molar-refractivity contribution in [2.75, 3.05) is 7.11 Å². The minimum absolute atomic E-state index is 0.0616. The van der Waals surface area contributed by atoms with Crippen LogP contribution in [0, 0.1) is 0 Å². The van der Waals surface area contributed by atoms with E-state index >= 15 is 0 Å². The largest absolute Gasteiger partial charge is 0.497 e. The van der Waals surface area contributed by atoms with Crippen molar-refractivity contribution in [2.45, 2.75) is 19.9 Å². The summed E-state index contributed by atoms with van der Waals surface area (Å²) < 4.78 is 5.29. The standard InChI is InChI=1S/C20H20N2O2/c1-13(2)21-20(23)17-12-19(14-7-5-4-6-8-14)22-18-10-9-15(24-3)11-16(17)18/h4-13H,1-3H3,(H,21,23). The second kappa shape index (κ2) is 6.71. The average molecular weight is 320 g/mol. The van der Waals surface area contributed by atoms with Crippen LogP contribution >= 0.6 is 0 Å². The Morgan fingerprint density at radius 1 is 1.08 bits per heavy atom. The van der Waals surface area contributed by atoms with Crippen LogP contribution in [0.15, 0.2) is 54.6 Å². The maximum atomic E-state index is 12.7. The summed E-state index contributed by atoms with van der Waals surface area (Å²) in [5, 5.41) is 3.74. The Kier molecular flexibility index (Phi) is 4.47. The molecule has 0 saturated heterocycles. The van der Waals surface area contributed by atoms with Crippen LogP contribution in [0.4, 0.5) is 0 Å². The third-order valence-electron chi connectivity index (χ3n) is 3.75. The van der Waals surface area contributed by atoms with Crippen LogP contribution in [-0.4, -0.2) is 24.0 Å². The Balaban J connectivity index is 2.21. The SMILES string of the molecule is COc1ccc2nc(-c3ccccc3)cc(C(=O)NC(C)C)c2c1. The van der Waals surface area contributed by atoms with E-state index < -0.39 is 0 Å². The summed E-state index contributed by atoms with van der Waals surface area (Å²) >= 11 is 0. The molecule has 24 heavy (non-hydrogen) atoms. The Morgan fingerprint density at radius 2 is 1.83 bits per heavy atom. The molecule has 3 rings (SSSR count). The van der Waals surface area contributed by atoms with E-state index in [0.717, 1.165) is 22.2 Å². The highest BCUT2D eigenvalue weighted by molar-refractivity contribution is 6.07.